The summed E-state index contributed by atoms with van der Waals surface area (Å²) in [6.07, 6.45) is 3.97. The Bertz CT molecular complexity index is 437. The van der Waals surface area contributed by atoms with Gasteiger partial charge in [0.2, 0.25) is 0 Å². The number of nitrogens with one attached hydrogen (secondary N) is 1. The van der Waals surface area contributed by atoms with E-state index >= 15 is 0 Å². The van der Waals surface area contributed by atoms with E-state index < -0.39 is 0 Å². The number of ether oxygens (including phenoxy) is 1. The highest BCUT2D eigenvalue weighted by atomic mass is 35.5. The summed E-state index contributed by atoms with van der Waals surface area (Å²) in [5.74, 6) is 0. The summed E-state index contributed by atoms with van der Waals surface area (Å²) in [4.78, 5) is 3.80. The number of hydrogen-bond donors (Lipinski definition) is 1. The first kappa shape index (κ1) is 13.8. The summed E-state index contributed by atoms with van der Waals surface area (Å²) >= 11 is 7.89. The highest BCUT2D eigenvalue weighted by Crippen LogP contribution is 2.37. The van der Waals surface area contributed by atoms with Gasteiger partial charge >= 0.3 is 0 Å². The summed E-state index contributed by atoms with van der Waals surface area (Å²) in [6.45, 7) is 3.85. The first-order chi connectivity index (χ1) is 9.22. The number of morpholine rings is 1. The molecule has 2 heterocycles. The monoisotopic (exact) mass is 300 g/mol. The predicted molar refractivity (Wildman–Crippen MR) is 80.2 cm³/mol. The van der Waals surface area contributed by atoms with E-state index in [0.717, 1.165) is 30.6 Å². The van der Waals surface area contributed by atoms with Gasteiger partial charge in [-0.3, -0.25) is 0 Å². The fourth-order valence-corrected chi connectivity index (χ4v) is 4.38. The smallest absolute Gasteiger partial charge is 0.0934 e. The molecule has 1 aromatic rings. The molecular weight excluding hydrogens is 280 g/mol. The lowest BCUT2D eigenvalue weighted by molar-refractivity contribution is -0.0195. The molecule has 1 N–H and O–H groups in total. The Morgan fingerprint density at radius 1 is 1.58 bits per heavy atom. The minimum atomic E-state index is 0.318. The maximum atomic E-state index is 6.14. The van der Waals surface area contributed by atoms with Gasteiger partial charge < -0.3 is 15.0 Å². The molecule has 0 bridgehead atoms. The lowest BCUT2D eigenvalue weighted by Crippen LogP contribution is -2.45. The van der Waals surface area contributed by atoms with Gasteiger partial charge in [0.05, 0.1) is 17.0 Å². The molecule has 0 radical (unpaired) electrons. The van der Waals surface area contributed by atoms with Gasteiger partial charge in [-0.05, 0) is 37.9 Å². The summed E-state index contributed by atoms with van der Waals surface area (Å²) in [7, 11) is 2.16. The second-order valence-electron chi connectivity index (χ2n) is 5.54. The molecule has 1 fully saturated rings. The fraction of sp³-hybridized carbons (Fsp3) is 0.714. The van der Waals surface area contributed by atoms with Gasteiger partial charge in [0.25, 0.3) is 0 Å². The van der Waals surface area contributed by atoms with Gasteiger partial charge in [-0.2, -0.15) is 0 Å². The third kappa shape index (κ3) is 3.31. The van der Waals surface area contributed by atoms with Crippen molar-refractivity contribution in [2.45, 2.75) is 31.4 Å². The van der Waals surface area contributed by atoms with Crippen molar-refractivity contribution < 1.29 is 4.74 Å². The standard InChI is InChI=1S/C14H21ClN2OS/c1-17-5-6-18-10(9-17)8-16-12-3-2-4-13-11(12)7-14(15)19-13/h7,10,12,16H,2-6,8-9H2,1H3. The van der Waals surface area contributed by atoms with Crippen molar-refractivity contribution in [2.24, 2.45) is 0 Å². The zero-order valence-corrected chi connectivity index (χ0v) is 12.9. The van der Waals surface area contributed by atoms with Crippen molar-refractivity contribution in [1.29, 1.82) is 0 Å². The zero-order valence-electron chi connectivity index (χ0n) is 11.3. The summed E-state index contributed by atoms with van der Waals surface area (Å²) in [5.41, 5.74) is 1.42. The SMILES string of the molecule is CN1CCOC(CNC2CCCc3sc(Cl)cc32)C1. The summed E-state index contributed by atoms with van der Waals surface area (Å²) in [5, 5.41) is 3.68. The Morgan fingerprint density at radius 2 is 2.47 bits per heavy atom. The van der Waals surface area contributed by atoms with Crippen molar-refractivity contribution >= 4 is 22.9 Å². The largest absolute Gasteiger partial charge is 0.374 e. The van der Waals surface area contributed by atoms with Crippen molar-refractivity contribution in [3.05, 3.63) is 20.8 Å². The number of halogens is 1. The van der Waals surface area contributed by atoms with Gasteiger partial charge in [-0.15, -0.1) is 11.3 Å². The van der Waals surface area contributed by atoms with Gasteiger partial charge in [0.15, 0.2) is 0 Å². The molecule has 3 nitrogen and oxygen atoms in total. The maximum absolute atomic E-state index is 6.14. The van der Waals surface area contributed by atoms with E-state index in [1.165, 1.54) is 29.7 Å². The molecule has 0 amide bonds. The van der Waals surface area contributed by atoms with Crippen LogP contribution in [0.3, 0.4) is 0 Å². The molecule has 0 aromatic carbocycles. The van der Waals surface area contributed by atoms with Crippen LogP contribution in [-0.2, 0) is 11.2 Å². The molecule has 1 saturated heterocycles. The third-order valence-electron chi connectivity index (χ3n) is 4.02. The minimum Gasteiger partial charge on any atom is -0.374 e. The minimum absolute atomic E-state index is 0.318. The van der Waals surface area contributed by atoms with Crippen LogP contribution in [0.2, 0.25) is 4.34 Å². The quantitative estimate of drug-likeness (QED) is 0.929. The molecule has 2 aliphatic rings. The second kappa shape index (κ2) is 6.10. The van der Waals surface area contributed by atoms with Crippen LogP contribution >= 0.6 is 22.9 Å². The molecule has 5 heteroatoms. The van der Waals surface area contributed by atoms with Crippen molar-refractivity contribution in [2.75, 3.05) is 33.3 Å². The average molecular weight is 301 g/mol. The molecule has 0 spiro atoms. The molecule has 2 atom stereocenters. The lowest BCUT2D eigenvalue weighted by atomic mass is 9.94. The maximum Gasteiger partial charge on any atom is 0.0934 e. The van der Waals surface area contributed by atoms with Crippen molar-refractivity contribution in [1.82, 2.24) is 10.2 Å². The Balaban J connectivity index is 1.58. The molecular formula is C14H21ClN2OS. The van der Waals surface area contributed by atoms with Crippen LogP contribution in [0.15, 0.2) is 6.07 Å². The average Bonchev–Trinajstić information content (AvgIpc) is 2.77. The molecule has 106 valence electrons. The summed E-state index contributed by atoms with van der Waals surface area (Å²) in [6, 6.07) is 2.61. The first-order valence-electron chi connectivity index (χ1n) is 7.04. The number of hydrogen-bond acceptors (Lipinski definition) is 4. The van der Waals surface area contributed by atoms with E-state index in [4.69, 9.17) is 16.3 Å². The highest BCUT2D eigenvalue weighted by molar-refractivity contribution is 7.16. The number of fused-ring (bicyclic) bond motifs is 1. The van der Waals surface area contributed by atoms with Gasteiger partial charge in [-0.1, -0.05) is 11.6 Å². The Labute approximate surface area is 123 Å². The number of rotatable bonds is 3. The Kier molecular flexibility index (Phi) is 4.44. The highest BCUT2D eigenvalue weighted by Gasteiger charge is 2.24. The van der Waals surface area contributed by atoms with Crippen LogP contribution in [0.5, 0.6) is 0 Å². The normalized spacial score (nSPS) is 28.3. The van der Waals surface area contributed by atoms with Crippen LogP contribution in [0, 0.1) is 0 Å². The molecule has 2 unspecified atom stereocenters. The van der Waals surface area contributed by atoms with E-state index in [-0.39, 0.29) is 0 Å². The van der Waals surface area contributed by atoms with E-state index in [0.29, 0.717) is 12.1 Å². The van der Waals surface area contributed by atoms with E-state index in [2.05, 4.69) is 23.3 Å². The molecule has 1 aromatic heterocycles. The number of thiophene rings is 1. The molecule has 1 aliphatic heterocycles. The lowest BCUT2D eigenvalue weighted by Gasteiger charge is -2.32. The molecule has 19 heavy (non-hydrogen) atoms. The topological polar surface area (TPSA) is 24.5 Å². The van der Waals surface area contributed by atoms with E-state index in [1.807, 2.05) is 0 Å². The van der Waals surface area contributed by atoms with Crippen LogP contribution in [0.1, 0.15) is 29.3 Å². The van der Waals surface area contributed by atoms with Crippen LogP contribution in [0.25, 0.3) is 0 Å². The Morgan fingerprint density at radius 3 is 3.32 bits per heavy atom. The van der Waals surface area contributed by atoms with Crippen molar-refractivity contribution in [3.63, 3.8) is 0 Å². The molecule has 3 rings (SSSR count). The number of nitrogens with zero attached hydrogens (tertiary/aromatic N) is 1. The van der Waals surface area contributed by atoms with Crippen LogP contribution in [0.4, 0.5) is 0 Å². The van der Waals surface area contributed by atoms with Crippen molar-refractivity contribution in [3.8, 4) is 0 Å². The van der Waals surface area contributed by atoms with Crippen LogP contribution < -0.4 is 5.32 Å². The van der Waals surface area contributed by atoms with Crippen LogP contribution in [-0.4, -0.2) is 44.3 Å². The first-order valence-corrected chi connectivity index (χ1v) is 8.23. The predicted octanol–water partition coefficient (Wildman–Crippen LogP) is 2.70. The zero-order chi connectivity index (χ0) is 13.2. The Hall–Kier alpha value is -0.130. The van der Waals surface area contributed by atoms with Gasteiger partial charge in [-0.25, -0.2) is 0 Å². The van der Waals surface area contributed by atoms with E-state index in [9.17, 15) is 0 Å². The number of aryl methyl sites for hydroxylation is 1. The number of likely N-dealkylation sites (N-methyl/N-ethyl adjacent to an activating group) is 1. The van der Waals surface area contributed by atoms with Gasteiger partial charge in [0, 0.05) is 30.6 Å². The van der Waals surface area contributed by atoms with E-state index in [1.54, 1.807) is 11.3 Å². The molecule has 0 saturated carbocycles. The summed E-state index contributed by atoms with van der Waals surface area (Å²) < 4.78 is 6.73. The van der Waals surface area contributed by atoms with Gasteiger partial charge in [0.1, 0.15) is 0 Å². The molecule has 1 aliphatic carbocycles. The second-order valence-corrected chi connectivity index (χ2v) is 7.31. The third-order valence-corrected chi connectivity index (χ3v) is 5.36. The fourth-order valence-electron chi connectivity index (χ4n) is 3.00.